The first-order valence-electron chi connectivity index (χ1n) is 10.1. The molecule has 1 saturated heterocycles. The Labute approximate surface area is 169 Å². The number of carbonyl (C=O) groups is 1. The number of morpholine rings is 1. The highest BCUT2D eigenvalue weighted by Crippen LogP contribution is 2.30. The van der Waals surface area contributed by atoms with E-state index in [2.05, 4.69) is 15.3 Å². The second-order valence-electron chi connectivity index (χ2n) is 7.39. The van der Waals surface area contributed by atoms with Crippen molar-refractivity contribution in [1.82, 2.24) is 24.6 Å². The molecule has 0 aliphatic carbocycles. The fraction of sp³-hybridized carbons (Fsp3) is 0.476. The molecule has 0 saturated carbocycles. The van der Waals surface area contributed by atoms with Crippen LogP contribution in [0.25, 0.3) is 21.8 Å². The topological polar surface area (TPSA) is 81.4 Å². The van der Waals surface area contributed by atoms with Crippen LogP contribution in [0.15, 0.2) is 35.3 Å². The molecule has 3 aromatic rings. The molecule has 0 bridgehead atoms. The number of ether oxygens (including phenoxy) is 1. The number of hydrogen-bond acceptors (Lipinski definition) is 5. The van der Waals surface area contributed by atoms with Gasteiger partial charge in [-0.05, 0) is 12.5 Å². The van der Waals surface area contributed by atoms with E-state index in [9.17, 15) is 9.59 Å². The largest absolute Gasteiger partial charge is 0.379 e. The number of aromatic nitrogens is 3. The third-order valence-corrected chi connectivity index (χ3v) is 5.64. The fourth-order valence-electron chi connectivity index (χ4n) is 4.08. The fourth-order valence-corrected chi connectivity index (χ4v) is 4.08. The SMILES string of the molecule is CC[C@@H](C(=O)NCCN1CCOCC1)n1c2ccccc2c2cnn(C)c(=O)c21. The van der Waals surface area contributed by atoms with E-state index in [-0.39, 0.29) is 11.5 Å². The number of benzene rings is 1. The van der Waals surface area contributed by atoms with Crippen LogP contribution in [0.1, 0.15) is 19.4 Å². The van der Waals surface area contributed by atoms with E-state index in [1.807, 2.05) is 35.8 Å². The lowest BCUT2D eigenvalue weighted by Gasteiger charge is -2.27. The Morgan fingerprint density at radius 2 is 2.00 bits per heavy atom. The van der Waals surface area contributed by atoms with Gasteiger partial charge in [0.25, 0.3) is 5.56 Å². The molecule has 2 aromatic heterocycles. The van der Waals surface area contributed by atoms with E-state index in [4.69, 9.17) is 4.74 Å². The summed E-state index contributed by atoms with van der Waals surface area (Å²) in [7, 11) is 1.63. The Morgan fingerprint density at radius 1 is 1.24 bits per heavy atom. The van der Waals surface area contributed by atoms with Crippen LogP contribution in [-0.4, -0.2) is 64.5 Å². The highest BCUT2D eigenvalue weighted by molar-refractivity contribution is 6.08. The van der Waals surface area contributed by atoms with Crippen molar-refractivity contribution in [3.63, 3.8) is 0 Å². The molecule has 8 heteroatoms. The van der Waals surface area contributed by atoms with Gasteiger partial charge >= 0.3 is 0 Å². The van der Waals surface area contributed by atoms with E-state index in [1.54, 1.807) is 13.2 Å². The highest BCUT2D eigenvalue weighted by Gasteiger charge is 2.25. The normalized spacial score (nSPS) is 16.3. The summed E-state index contributed by atoms with van der Waals surface area (Å²) in [5.41, 5.74) is 1.21. The van der Waals surface area contributed by atoms with Gasteiger partial charge in [-0.25, -0.2) is 4.68 Å². The molecule has 0 unspecified atom stereocenters. The monoisotopic (exact) mass is 397 g/mol. The van der Waals surface area contributed by atoms with E-state index in [1.165, 1.54) is 4.68 Å². The molecule has 1 aliphatic rings. The number of nitrogens with one attached hydrogen (secondary N) is 1. The van der Waals surface area contributed by atoms with Crippen LogP contribution in [0.2, 0.25) is 0 Å². The molecule has 8 nitrogen and oxygen atoms in total. The Kier molecular flexibility index (Phi) is 5.64. The summed E-state index contributed by atoms with van der Waals surface area (Å²) < 4.78 is 8.57. The van der Waals surface area contributed by atoms with Crippen LogP contribution < -0.4 is 10.9 Å². The molecule has 1 aromatic carbocycles. The molecule has 1 amide bonds. The zero-order valence-corrected chi connectivity index (χ0v) is 16.9. The Balaban J connectivity index is 1.66. The van der Waals surface area contributed by atoms with E-state index >= 15 is 0 Å². The zero-order chi connectivity index (χ0) is 20.4. The second-order valence-corrected chi connectivity index (χ2v) is 7.39. The molecular weight excluding hydrogens is 370 g/mol. The predicted octanol–water partition coefficient (Wildman–Crippen LogP) is 1.29. The van der Waals surface area contributed by atoms with Gasteiger partial charge in [0, 0.05) is 44.0 Å². The second kappa shape index (κ2) is 8.34. The van der Waals surface area contributed by atoms with Crippen molar-refractivity contribution in [3.8, 4) is 0 Å². The van der Waals surface area contributed by atoms with Gasteiger partial charge in [-0.2, -0.15) is 5.10 Å². The zero-order valence-electron chi connectivity index (χ0n) is 16.9. The van der Waals surface area contributed by atoms with Crippen molar-refractivity contribution in [3.05, 3.63) is 40.8 Å². The van der Waals surface area contributed by atoms with Crippen molar-refractivity contribution in [2.24, 2.45) is 7.05 Å². The average Bonchev–Trinajstić information content (AvgIpc) is 3.07. The summed E-state index contributed by atoms with van der Waals surface area (Å²) in [6.45, 7) is 6.61. The van der Waals surface area contributed by atoms with Crippen LogP contribution in [-0.2, 0) is 16.6 Å². The molecular formula is C21H27N5O3. The molecule has 154 valence electrons. The first-order chi connectivity index (χ1) is 14.1. The van der Waals surface area contributed by atoms with E-state index < -0.39 is 6.04 Å². The number of hydrogen-bond donors (Lipinski definition) is 1. The minimum Gasteiger partial charge on any atom is -0.379 e. The van der Waals surface area contributed by atoms with Crippen molar-refractivity contribution >= 4 is 27.7 Å². The number of nitrogens with zero attached hydrogens (tertiary/aromatic N) is 4. The van der Waals surface area contributed by atoms with Crippen molar-refractivity contribution < 1.29 is 9.53 Å². The summed E-state index contributed by atoms with van der Waals surface area (Å²) in [5, 5.41) is 8.96. The number of rotatable bonds is 6. The Morgan fingerprint density at radius 3 is 2.76 bits per heavy atom. The number of carbonyl (C=O) groups excluding carboxylic acids is 1. The summed E-state index contributed by atoms with van der Waals surface area (Å²) in [6.07, 6.45) is 2.29. The van der Waals surface area contributed by atoms with Crippen molar-refractivity contribution in [1.29, 1.82) is 0 Å². The van der Waals surface area contributed by atoms with Crippen molar-refractivity contribution in [2.45, 2.75) is 19.4 Å². The van der Waals surface area contributed by atoms with Crippen LogP contribution in [0.3, 0.4) is 0 Å². The van der Waals surface area contributed by atoms with Gasteiger partial charge in [-0.3, -0.25) is 14.5 Å². The van der Waals surface area contributed by atoms with Gasteiger partial charge in [0.2, 0.25) is 5.91 Å². The molecule has 3 heterocycles. The Hall–Kier alpha value is -2.71. The van der Waals surface area contributed by atoms with Gasteiger partial charge in [-0.15, -0.1) is 0 Å². The van der Waals surface area contributed by atoms with Crippen LogP contribution in [0, 0.1) is 0 Å². The third kappa shape index (κ3) is 3.65. The lowest BCUT2D eigenvalue weighted by molar-refractivity contribution is -0.124. The summed E-state index contributed by atoms with van der Waals surface area (Å²) in [4.78, 5) is 28.3. The molecule has 1 fully saturated rings. The summed E-state index contributed by atoms with van der Waals surface area (Å²) >= 11 is 0. The molecule has 4 rings (SSSR count). The first kappa shape index (κ1) is 19.6. The van der Waals surface area contributed by atoms with Crippen LogP contribution >= 0.6 is 0 Å². The van der Waals surface area contributed by atoms with Gasteiger partial charge in [-0.1, -0.05) is 25.1 Å². The van der Waals surface area contributed by atoms with Crippen molar-refractivity contribution in [2.75, 3.05) is 39.4 Å². The van der Waals surface area contributed by atoms with Crippen LogP contribution in [0.5, 0.6) is 0 Å². The average molecular weight is 397 g/mol. The van der Waals surface area contributed by atoms with E-state index in [0.29, 0.717) is 18.5 Å². The van der Waals surface area contributed by atoms with Crippen LogP contribution in [0.4, 0.5) is 0 Å². The summed E-state index contributed by atoms with van der Waals surface area (Å²) in [6, 6.07) is 7.33. The smallest absolute Gasteiger partial charge is 0.291 e. The quantitative estimate of drug-likeness (QED) is 0.678. The van der Waals surface area contributed by atoms with Gasteiger partial charge in [0.1, 0.15) is 11.6 Å². The number of para-hydroxylation sites is 1. The standard InChI is InChI=1S/C21H27N5O3/c1-3-17(20(27)22-8-9-25-10-12-29-13-11-25)26-18-7-5-4-6-15(18)16-14-23-24(2)21(28)19(16)26/h4-7,14,17H,3,8-13H2,1-2H3,(H,22,27)/t17-/m0/s1. The number of aryl methyl sites for hydroxylation is 1. The minimum atomic E-state index is -0.461. The van der Waals surface area contributed by atoms with Gasteiger partial charge < -0.3 is 14.6 Å². The summed E-state index contributed by atoms with van der Waals surface area (Å²) in [5.74, 6) is -0.0673. The molecule has 0 spiro atoms. The molecule has 1 N–H and O–H groups in total. The molecule has 1 atom stereocenters. The maximum atomic E-state index is 13.1. The lowest BCUT2D eigenvalue weighted by atomic mass is 10.2. The lowest BCUT2D eigenvalue weighted by Crippen LogP contribution is -2.42. The number of amides is 1. The molecule has 1 aliphatic heterocycles. The Bertz CT molecular complexity index is 1080. The maximum Gasteiger partial charge on any atom is 0.291 e. The minimum absolute atomic E-state index is 0.0673. The predicted molar refractivity (Wildman–Crippen MR) is 112 cm³/mol. The highest BCUT2D eigenvalue weighted by atomic mass is 16.5. The van der Waals surface area contributed by atoms with Gasteiger partial charge in [0.05, 0.1) is 24.9 Å². The molecule has 29 heavy (non-hydrogen) atoms. The third-order valence-electron chi connectivity index (χ3n) is 5.64. The first-order valence-corrected chi connectivity index (χ1v) is 10.1. The van der Waals surface area contributed by atoms with Gasteiger partial charge in [0.15, 0.2) is 0 Å². The number of fused-ring (bicyclic) bond motifs is 3. The molecule has 0 radical (unpaired) electrons. The maximum absolute atomic E-state index is 13.1. The van der Waals surface area contributed by atoms with E-state index in [0.717, 1.165) is 49.1 Å².